The molecule has 0 aliphatic heterocycles. The Balaban J connectivity index is 2.23. The van der Waals surface area contributed by atoms with Crippen molar-refractivity contribution in [1.82, 2.24) is 5.01 Å². The number of hydrogen-bond donors (Lipinski definition) is 0. The van der Waals surface area contributed by atoms with Crippen LogP contribution in [0, 0.1) is 5.92 Å². The molecule has 1 aliphatic rings. The van der Waals surface area contributed by atoms with E-state index < -0.39 is 0 Å². The second-order valence-electron chi connectivity index (χ2n) is 5.17. The third-order valence-electron chi connectivity index (χ3n) is 3.41. The summed E-state index contributed by atoms with van der Waals surface area (Å²) in [4.78, 5) is 0. The van der Waals surface area contributed by atoms with Crippen molar-refractivity contribution in [3.8, 4) is 0 Å². The molecular weight excluding hydrogens is 304 g/mol. The molecule has 1 aliphatic carbocycles. The predicted octanol–water partition coefficient (Wildman–Crippen LogP) is 3.31. The minimum Gasteiger partial charge on any atom is -0.385 e. The second-order valence-corrected chi connectivity index (χ2v) is 6.09. The summed E-state index contributed by atoms with van der Waals surface area (Å²) in [6.07, 6.45) is 3.31. The van der Waals surface area contributed by atoms with Crippen molar-refractivity contribution >= 4 is 21.6 Å². The van der Waals surface area contributed by atoms with Crippen molar-refractivity contribution in [3.63, 3.8) is 0 Å². The topological polar surface area (TPSA) is 24.8 Å². The number of ether oxygens (including phenoxy) is 1. The fourth-order valence-corrected chi connectivity index (χ4v) is 2.97. The number of rotatable bonds is 5. The summed E-state index contributed by atoms with van der Waals surface area (Å²) in [5, 5.41) is 6.60. The van der Waals surface area contributed by atoms with Crippen LogP contribution in [0.15, 0.2) is 27.8 Å². The zero-order valence-corrected chi connectivity index (χ0v) is 13.4. The van der Waals surface area contributed by atoms with Gasteiger partial charge in [0.1, 0.15) is 0 Å². The third-order valence-corrected chi connectivity index (χ3v) is 3.90. The van der Waals surface area contributed by atoms with Gasteiger partial charge in [-0.15, -0.1) is 0 Å². The molecule has 1 aromatic rings. The van der Waals surface area contributed by atoms with E-state index in [4.69, 9.17) is 9.84 Å². The fraction of sp³-hybridized carbons (Fsp3) is 0.533. The first-order chi connectivity index (χ1) is 9.11. The third kappa shape index (κ3) is 3.57. The molecule has 0 aromatic heterocycles. The Hall–Kier alpha value is -0.870. The molecule has 0 heterocycles. The molecule has 0 saturated carbocycles. The normalized spacial score (nSPS) is 19.8. The van der Waals surface area contributed by atoms with Crippen LogP contribution in [0.3, 0.4) is 0 Å². The van der Waals surface area contributed by atoms with Crippen LogP contribution in [0.25, 0.3) is 0 Å². The highest BCUT2D eigenvalue weighted by molar-refractivity contribution is 9.10. The lowest BCUT2D eigenvalue weighted by Crippen LogP contribution is -2.16. The molecule has 3 nitrogen and oxygen atoms in total. The van der Waals surface area contributed by atoms with E-state index in [-0.39, 0.29) is 0 Å². The number of methoxy groups -OCH3 is 1. The zero-order chi connectivity index (χ0) is 13.8. The van der Waals surface area contributed by atoms with Gasteiger partial charge in [-0.1, -0.05) is 22.0 Å². The van der Waals surface area contributed by atoms with Gasteiger partial charge in [0.25, 0.3) is 0 Å². The summed E-state index contributed by atoms with van der Waals surface area (Å²) in [5.41, 5.74) is 3.93. The molecule has 1 aromatic carbocycles. The zero-order valence-electron chi connectivity index (χ0n) is 11.8. The average molecular weight is 325 g/mol. The summed E-state index contributed by atoms with van der Waals surface area (Å²) >= 11 is 3.55. The first-order valence-corrected chi connectivity index (χ1v) is 7.44. The smallest absolute Gasteiger partial charge is 0.0714 e. The Morgan fingerprint density at radius 2 is 2.21 bits per heavy atom. The van der Waals surface area contributed by atoms with Crippen LogP contribution in [0.5, 0.6) is 0 Å². The Morgan fingerprint density at radius 1 is 1.42 bits per heavy atom. The summed E-state index contributed by atoms with van der Waals surface area (Å²) in [6.45, 7) is 0.825. The van der Waals surface area contributed by atoms with Crippen LogP contribution in [0.2, 0.25) is 0 Å². The molecule has 1 atom stereocenters. The summed E-state index contributed by atoms with van der Waals surface area (Å²) in [6, 6.07) is 6.51. The van der Waals surface area contributed by atoms with Crippen LogP contribution in [-0.2, 0) is 11.2 Å². The second kappa shape index (κ2) is 6.53. The van der Waals surface area contributed by atoms with Gasteiger partial charge in [-0.25, -0.2) is 0 Å². The molecule has 0 fully saturated rings. The quantitative estimate of drug-likeness (QED) is 0.613. The highest BCUT2D eigenvalue weighted by Gasteiger charge is 2.28. The van der Waals surface area contributed by atoms with E-state index in [1.165, 1.54) is 16.8 Å². The fourth-order valence-electron chi connectivity index (χ4n) is 2.61. The Bertz CT molecular complexity index is 471. The predicted molar refractivity (Wildman–Crippen MR) is 82.7 cm³/mol. The average Bonchev–Trinajstić information content (AvgIpc) is 2.67. The van der Waals surface area contributed by atoms with Gasteiger partial charge in [-0.05, 0) is 37.0 Å². The number of benzene rings is 1. The van der Waals surface area contributed by atoms with Gasteiger partial charge >= 0.3 is 0 Å². The SMILES string of the molecule is COCCCC1Cc2ccc(Br)cc2/C1=N\N(C)C. The van der Waals surface area contributed by atoms with Crippen molar-refractivity contribution in [1.29, 1.82) is 0 Å². The van der Waals surface area contributed by atoms with Gasteiger partial charge in [-0.3, -0.25) is 0 Å². The van der Waals surface area contributed by atoms with Crippen molar-refractivity contribution < 1.29 is 4.74 Å². The minimum atomic E-state index is 0.516. The van der Waals surface area contributed by atoms with Crippen molar-refractivity contribution in [3.05, 3.63) is 33.8 Å². The summed E-state index contributed by atoms with van der Waals surface area (Å²) in [7, 11) is 5.72. The number of halogens is 1. The van der Waals surface area contributed by atoms with E-state index in [1.807, 2.05) is 19.1 Å². The van der Waals surface area contributed by atoms with Crippen molar-refractivity contribution in [2.45, 2.75) is 19.3 Å². The van der Waals surface area contributed by atoms with Crippen LogP contribution in [-0.4, -0.2) is 38.5 Å². The number of nitrogens with zero attached hydrogens (tertiary/aromatic N) is 2. The molecule has 0 spiro atoms. The van der Waals surface area contributed by atoms with E-state index in [1.54, 1.807) is 7.11 Å². The van der Waals surface area contributed by atoms with Gasteiger partial charge in [0, 0.05) is 43.8 Å². The Morgan fingerprint density at radius 3 is 2.89 bits per heavy atom. The number of hydrogen-bond acceptors (Lipinski definition) is 3. The lowest BCUT2D eigenvalue weighted by atomic mass is 9.98. The molecule has 4 heteroatoms. The van der Waals surface area contributed by atoms with E-state index in [0.29, 0.717) is 5.92 Å². The maximum absolute atomic E-state index is 5.16. The van der Waals surface area contributed by atoms with Crippen molar-refractivity contribution in [2.24, 2.45) is 11.0 Å². The van der Waals surface area contributed by atoms with E-state index in [2.05, 4.69) is 34.1 Å². The number of fused-ring (bicyclic) bond motifs is 1. The molecule has 0 bridgehead atoms. The molecule has 1 unspecified atom stereocenters. The van der Waals surface area contributed by atoms with Gasteiger partial charge < -0.3 is 9.75 Å². The van der Waals surface area contributed by atoms with Crippen molar-refractivity contribution in [2.75, 3.05) is 27.8 Å². The molecule has 2 rings (SSSR count). The molecule has 0 N–H and O–H groups in total. The van der Waals surface area contributed by atoms with Crippen LogP contribution < -0.4 is 0 Å². The van der Waals surface area contributed by atoms with Gasteiger partial charge in [0.05, 0.1) is 5.71 Å². The number of hydrazone groups is 1. The molecular formula is C15H21BrN2O. The summed E-state index contributed by atoms with van der Waals surface area (Å²) < 4.78 is 6.28. The van der Waals surface area contributed by atoms with Gasteiger partial charge in [0.2, 0.25) is 0 Å². The maximum Gasteiger partial charge on any atom is 0.0714 e. The Kier molecular flexibility index (Phi) is 4.99. The lowest BCUT2D eigenvalue weighted by Gasteiger charge is -2.14. The molecule has 0 saturated heterocycles. The Labute approximate surface area is 123 Å². The minimum absolute atomic E-state index is 0.516. The monoisotopic (exact) mass is 324 g/mol. The lowest BCUT2D eigenvalue weighted by molar-refractivity contribution is 0.190. The first kappa shape index (κ1) is 14.5. The molecule has 0 radical (unpaired) electrons. The van der Waals surface area contributed by atoms with Crippen LogP contribution in [0.1, 0.15) is 24.0 Å². The largest absolute Gasteiger partial charge is 0.385 e. The van der Waals surface area contributed by atoms with Gasteiger partial charge in [0.15, 0.2) is 0 Å². The highest BCUT2D eigenvalue weighted by Crippen LogP contribution is 2.32. The molecule has 104 valence electrons. The maximum atomic E-state index is 5.16. The molecule has 19 heavy (non-hydrogen) atoms. The van der Waals surface area contributed by atoms with Gasteiger partial charge in [-0.2, -0.15) is 5.10 Å². The molecule has 0 amide bonds. The van der Waals surface area contributed by atoms with Crippen LogP contribution >= 0.6 is 15.9 Å². The van der Waals surface area contributed by atoms with E-state index in [9.17, 15) is 0 Å². The highest BCUT2D eigenvalue weighted by atomic mass is 79.9. The summed E-state index contributed by atoms with van der Waals surface area (Å²) in [5.74, 6) is 0.516. The first-order valence-electron chi connectivity index (χ1n) is 6.65. The van der Waals surface area contributed by atoms with E-state index in [0.717, 1.165) is 30.3 Å². The van der Waals surface area contributed by atoms with E-state index >= 15 is 0 Å². The van der Waals surface area contributed by atoms with Crippen LogP contribution in [0.4, 0.5) is 0 Å². The standard InChI is InChI=1S/C15H21BrN2O/c1-18(2)17-15-12(5-4-8-19-3)9-11-6-7-13(16)10-14(11)15/h6-7,10,12H,4-5,8-9H2,1-3H3/b17-15-.